The number of piperidine rings is 1. The molecule has 0 spiro atoms. The molecule has 1 aromatic rings. The van der Waals surface area contributed by atoms with Gasteiger partial charge in [-0.2, -0.15) is 0 Å². The molecule has 1 aliphatic heterocycles. The number of hydrogen-bond donors (Lipinski definition) is 1. The smallest absolute Gasteiger partial charge is 0.240 e. The summed E-state index contributed by atoms with van der Waals surface area (Å²) in [6.07, 6.45) is 4.41. The van der Waals surface area contributed by atoms with Gasteiger partial charge in [0.05, 0.1) is 11.9 Å². The van der Waals surface area contributed by atoms with Gasteiger partial charge in [-0.25, -0.2) is 8.42 Å². The van der Waals surface area contributed by atoms with Gasteiger partial charge in [-0.3, -0.25) is 9.10 Å². The summed E-state index contributed by atoms with van der Waals surface area (Å²) >= 11 is 6.10. The first-order valence-corrected chi connectivity index (χ1v) is 11.6. The number of carbonyl (C=O) groups is 1. The lowest BCUT2D eigenvalue weighted by Crippen LogP contribution is -2.41. The predicted molar refractivity (Wildman–Crippen MR) is 111 cm³/mol. The molecule has 0 bridgehead atoms. The maximum atomic E-state index is 12.3. The van der Waals surface area contributed by atoms with E-state index in [4.69, 9.17) is 11.6 Å². The molecule has 27 heavy (non-hydrogen) atoms. The lowest BCUT2D eigenvalue weighted by atomic mass is 9.99. The summed E-state index contributed by atoms with van der Waals surface area (Å²) < 4.78 is 25.3. The van der Waals surface area contributed by atoms with E-state index in [2.05, 4.69) is 17.1 Å². The monoisotopic (exact) mass is 415 g/mol. The number of nitrogens with one attached hydrogen (secondary N) is 1. The van der Waals surface area contributed by atoms with Crippen LogP contribution in [0.25, 0.3) is 0 Å². The molecule has 1 fully saturated rings. The number of amides is 1. The van der Waals surface area contributed by atoms with Crippen LogP contribution >= 0.6 is 11.6 Å². The summed E-state index contributed by atoms with van der Waals surface area (Å²) in [4.78, 5) is 14.7. The average Bonchev–Trinajstić information content (AvgIpc) is 2.60. The number of nitrogens with zero attached hydrogens (tertiary/aromatic N) is 2. The Kier molecular flexibility index (Phi) is 7.94. The first kappa shape index (κ1) is 22.0. The van der Waals surface area contributed by atoms with Crippen molar-refractivity contribution in [1.29, 1.82) is 0 Å². The molecule has 1 amide bonds. The van der Waals surface area contributed by atoms with Crippen LogP contribution in [0.15, 0.2) is 18.2 Å². The summed E-state index contributed by atoms with van der Waals surface area (Å²) in [5.41, 5.74) is 1.25. The third-order valence-electron chi connectivity index (χ3n) is 4.98. The highest BCUT2D eigenvalue weighted by molar-refractivity contribution is 7.92. The van der Waals surface area contributed by atoms with Crippen molar-refractivity contribution in [2.75, 3.05) is 43.3 Å². The second-order valence-corrected chi connectivity index (χ2v) is 9.74. The Morgan fingerprint density at radius 3 is 2.59 bits per heavy atom. The van der Waals surface area contributed by atoms with E-state index >= 15 is 0 Å². The molecular formula is C19H30ClN3O3S. The fourth-order valence-corrected chi connectivity index (χ4v) is 4.16. The third kappa shape index (κ3) is 6.97. The van der Waals surface area contributed by atoms with Crippen LogP contribution in [0.5, 0.6) is 0 Å². The fourth-order valence-electron chi connectivity index (χ4n) is 3.14. The summed E-state index contributed by atoms with van der Waals surface area (Å²) in [6, 6.07) is 4.97. The van der Waals surface area contributed by atoms with Gasteiger partial charge in [-0.1, -0.05) is 24.6 Å². The highest BCUT2D eigenvalue weighted by Gasteiger charge is 2.21. The van der Waals surface area contributed by atoms with Gasteiger partial charge in [-0.05, 0) is 69.4 Å². The van der Waals surface area contributed by atoms with Crippen molar-refractivity contribution in [2.45, 2.75) is 33.1 Å². The maximum Gasteiger partial charge on any atom is 0.240 e. The zero-order chi connectivity index (χ0) is 20.0. The molecule has 0 aliphatic carbocycles. The number of aryl methyl sites for hydroxylation is 1. The van der Waals surface area contributed by atoms with Crippen LogP contribution in [0, 0.1) is 12.8 Å². The molecule has 1 heterocycles. The normalized spacial score (nSPS) is 16.3. The molecule has 8 heteroatoms. The van der Waals surface area contributed by atoms with Crippen LogP contribution in [0.2, 0.25) is 5.02 Å². The van der Waals surface area contributed by atoms with Crippen molar-refractivity contribution in [3.8, 4) is 0 Å². The Hall–Kier alpha value is -1.31. The number of benzene rings is 1. The van der Waals surface area contributed by atoms with Crippen molar-refractivity contribution in [1.82, 2.24) is 10.2 Å². The predicted octanol–water partition coefficient (Wildman–Crippen LogP) is 2.65. The van der Waals surface area contributed by atoms with Gasteiger partial charge in [0.1, 0.15) is 6.54 Å². The van der Waals surface area contributed by atoms with Gasteiger partial charge in [0.2, 0.25) is 15.9 Å². The minimum atomic E-state index is -3.59. The van der Waals surface area contributed by atoms with E-state index in [0.717, 1.165) is 48.1 Å². The lowest BCUT2D eigenvalue weighted by Gasteiger charge is -2.30. The second-order valence-electron chi connectivity index (χ2n) is 7.43. The van der Waals surface area contributed by atoms with Crippen LogP contribution < -0.4 is 9.62 Å². The lowest BCUT2D eigenvalue weighted by molar-refractivity contribution is -0.119. The summed E-state index contributed by atoms with van der Waals surface area (Å²) in [7, 11) is -3.59. The van der Waals surface area contributed by atoms with Crippen molar-refractivity contribution >= 4 is 33.2 Å². The van der Waals surface area contributed by atoms with Gasteiger partial charge in [0.15, 0.2) is 0 Å². The van der Waals surface area contributed by atoms with E-state index in [0.29, 0.717) is 17.3 Å². The first-order chi connectivity index (χ1) is 12.7. The number of sulfonamides is 1. The highest BCUT2D eigenvalue weighted by Crippen LogP contribution is 2.24. The molecule has 0 aromatic heterocycles. The van der Waals surface area contributed by atoms with Gasteiger partial charge < -0.3 is 10.2 Å². The Morgan fingerprint density at radius 2 is 2.00 bits per heavy atom. The molecule has 1 N–H and O–H groups in total. The number of hydrogen-bond acceptors (Lipinski definition) is 4. The molecule has 0 unspecified atom stereocenters. The van der Waals surface area contributed by atoms with Crippen LogP contribution in [0.3, 0.4) is 0 Å². The zero-order valence-electron chi connectivity index (χ0n) is 16.4. The highest BCUT2D eigenvalue weighted by atomic mass is 35.5. The van der Waals surface area contributed by atoms with Crippen molar-refractivity contribution in [2.24, 2.45) is 5.92 Å². The van der Waals surface area contributed by atoms with Crippen LogP contribution in [-0.2, 0) is 14.8 Å². The number of rotatable bonds is 8. The quantitative estimate of drug-likeness (QED) is 0.662. The number of anilines is 1. The Labute approximate surface area is 167 Å². The SMILES string of the molecule is Cc1ccc(N(CC(=O)NCCCN2CCC(C)CC2)S(C)(=O)=O)cc1Cl. The standard InChI is InChI=1S/C19H30ClN3O3S/c1-15-7-11-22(12-8-15)10-4-9-21-19(24)14-23(27(3,25)26)17-6-5-16(2)18(20)13-17/h5-6,13,15H,4,7-12,14H2,1-3H3,(H,21,24). The number of halogens is 1. The van der Waals surface area contributed by atoms with Crippen molar-refractivity contribution in [3.05, 3.63) is 28.8 Å². The molecule has 152 valence electrons. The van der Waals surface area contributed by atoms with E-state index in [1.807, 2.05) is 6.92 Å². The summed E-state index contributed by atoms with van der Waals surface area (Å²) in [5.74, 6) is 0.489. The Morgan fingerprint density at radius 1 is 1.33 bits per heavy atom. The molecule has 1 aliphatic rings. The van der Waals surface area contributed by atoms with E-state index in [9.17, 15) is 13.2 Å². The van der Waals surface area contributed by atoms with Crippen LogP contribution in [0.4, 0.5) is 5.69 Å². The minimum Gasteiger partial charge on any atom is -0.354 e. The number of likely N-dealkylation sites (tertiary alicyclic amines) is 1. The van der Waals surface area contributed by atoms with E-state index in [1.54, 1.807) is 18.2 Å². The minimum absolute atomic E-state index is 0.251. The van der Waals surface area contributed by atoms with Crippen LogP contribution in [-0.4, -0.2) is 58.2 Å². The maximum absolute atomic E-state index is 12.3. The van der Waals surface area contributed by atoms with Crippen LogP contribution in [0.1, 0.15) is 31.7 Å². The van der Waals surface area contributed by atoms with Crippen molar-refractivity contribution < 1.29 is 13.2 Å². The largest absolute Gasteiger partial charge is 0.354 e. The molecular weight excluding hydrogens is 386 g/mol. The first-order valence-electron chi connectivity index (χ1n) is 9.39. The summed E-state index contributed by atoms with van der Waals surface area (Å²) in [6.45, 7) is 7.60. The van der Waals surface area contributed by atoms with E-state index in [-0.39, 0.29) is 12.5 Å². The Bertz CT molecular complexity index is 747. The van der Waals surface area contributed by atoms with Crippen molar-refractivity contribution in [3.63, 3.8) is 0 Å². The van der Waals surface area contributed by atoms with Gasteiger partial charge in [-0.15, -0.1) is 0 Å². The fraction of sp³-hybridized carbons (Fsp3) is 0.632. The number of carbonyl (C=O) groups excluding carboxylic acids is 1. The third-order valence-corrected chi connectivity index (χ3v) is 6.53. The average molecular weight is 416 g/mol. The topological polar surface area (TPSA) is 69.7 Å². The zero-order valence-corrected chi connectivity index (χ0v) is 17.9. The molecule has 2 rings (SSSR count). The molecule has 6 nitrogen and oxygen atoms in total. The molecule has 0 saturated carbocycles. The molecule has 1 saturated heterocycles. The Balaban J connectivity index is 1.84. The van der Waals surface area contributed by atoms with Gasteiger partial charge in [0, 0.05) is 11.6 Å². The van der Waals surface area contributed by atoms with E-state index in [1.165, 1.54) is 12.8 Å². The summed E-state index contributed by atoms with van der Waals surface area (Å²) in [5, 5.41) is 3.29. The molecule has 1 aromatic carbocycles. The van der Waals surface area contributed by atoms with Gasteiger partial charge >= 0.3 is 0 Å². The van der Waals surface area contributed by atoms with E-state index < -0.39 is 10.0 Å². The van der Waals surface area contributed by atoms with Gasteiger partial charge in [0.25, 0.3) is 0 Å². The second kappa shape index (κ2) is 9.75. The molecule has 0 radical (unpaired) electrons. The molecule has 0 atom stereocenters.